The number of sulfonamides is 1. The molecule has 0 amide bonds. The molecule has 23 heavy (non-hydrogen) atoms. The SMILES string of the molecule is CC(C)[C@H](CO)Nc1ccc(S(=O)(=O)N2CCN(C)CC2)cn1. The summed E-state index contributed by atoms with van der Waals surface area (Å²) in [6.07, 6.45) is 1.38. The van der Waals surface area contributed by atoms with E-state index in [1.165, 1.54) is 10.5 Å². The Bertz CT molecular complexity index is 596. The van der Waals surface area contributed by atoms with Crippen LogP contribution in [0.3, 0.4) is 0 Å². The second-order valence-corrected chi connectivity index (χ2v) is 8.20. The van der Waals surface area contributed by atoms with Crippen molar-refractivity contribution in [3.05, 3.63) is 18.3 Å². The van der Waals surface area contributed by atoms with Gasteiger partial charge in [-0.15, -0.1) is 0 Å². The third-order valence-electron chi connectivity index (χ3n) is 4.17. The van der Waals surface area contributed by atoms with E-state index in [-0.39, 0.29) is 23.5 Å². The smallest absolute Gasteiger partial charge is 0.244 e. The lowest BCUT2D eigenvalue weighted by atomic mass is 10.1. The van der Waals surface area contributed by atoms with Gasteiger partial charge in [0.25, 0.3) is 0 Å². The number of anilines is 1. The van der Waals surface area contributed by atoms with Gasteiger partial charge in [-0.3, -0.25) is 0 Å². The number of hydrogen-bond donors (Lipinski definition) is 2. The second-order valence-electron chi connectivity index (χ2n) is 6.26. The first-order valence-corrected chi connectivity index (χ1v) is 9.30. The van der Waals surface area contributed by atoms with Crippen molar-refractivity contribution < 1.29 is 13.5 Å². The highest BCUT2D eigenvalue weighted by Crippen LogP contribution is 2.18. The van der Waals surface area contributed by atoms with Crippen molar-refractivity contribution in [3.63, 3.8) is 0 Å². The van der Waals surface area contributed by atoms with E-state index < -0.39 is 10.0 Å². The predicted octanol–water partition coefficient (Wildman–Crippen LogP) is 0.447. The molecule has 0 spiro atoms. The number of likely N-dealkylation sites (N-methyl/N-ethyl adjacent to an activating group) is 1. The molecule has 1 atom stereocenters. The second kappa shape index (κ2) is 7.57. The van der Waals surface area contributed by atoms with Crippen LogP contribution in [0.15, 0.2) is 23.2 Å². The van der Waals surface area contributed by atoms with Crippen molar-refractivity contribution in [3.8, 4) is 0 Å². The number of hydrogen-bond acceptors (Lipinski definition) is 6. The Kier molecular flexibility index (Phi) is 5.96. The number of nitrogens with zero attached hydrogens (tertiary/aromatic N) is 3. The number of rotatable bonds is 6. The number of aliphatic hydroxyl groups is 1. The standard InChI is InChI=1S/C15H26N4O3S/c1-12(2)14(11-20)17-15-5-4-13(10-16-15)23(21,22)19-8-6-18(3)7-9-19/h4-5,10,12,14,20H,6-9,11H2,1-3H3,(H,16,17)/t14-/m0/s1. The van der Waals surface area contributed by atoms with Gasteiger partial charge < -0.3 is 15.3 Å². The molecule has 0 unspecified atom stereocenters. The fourth-order valence-electron chi connectivity index (χ4n) is 2.41. The number of aromatic nitrogens is 1. The molecule has 1 saturated heterocycles. The molecule has 130 valence electrons. The Hall–Kier alpha value is -1.22. The van der Waals surface area contributed by atoms with Crippen molar-refractivity contribution in [2.45, 2.75) is 24.8 Å². The topological polar surface area (TPSA) is 85.8 Å². The van der Waals surface area contributed by atoms with Gasteiger partial charge in [0.2, 0.25) is 10.0 Å². The molecule has 1 aromatic rings. The molecule has 0 aromatic carbocycles. The summed E-state index contributed by atoms with van der Waals surface area (Å²) in [6, 6.07) is 3.11. The highest BCUT2D eigenvalue weighted by atomic mass is 32.2. The van der Waals surface area contributed by atoms with E-state index in [4.69, 9.17) is 0 Å². The minimum atomic E-state index is -3.49. The largest absolute Gasteiger partial charge is 0.394 e. The number of pyridine rings is 1. The summed E-state index contributed by atoms with van der Waals surface area (Å²) in [5.41, 5.74) is 0. The zero-order valence-electron chi connectivity index (χ0n) is 13.9. The molecule has 8 heteroatoms. The van der Waals surface area contributed by atoms with Gasteiger partial charge in [-0.05, 0) is 25.1 Å². The number of aliphatic hydroxyl groups excluding tert-OH is 1. The van der Waals surface area contributed by atoms with Crippen LogP contribution in [0, 0.1) is 5.92 Å². The van der Waals surface area contributed by atoms with Crippen LogP contribution >= 0.6 is 0 Å². The van der Waals surface area contributed by atoms with E-state index in [2.05, 4.69) is 15.2 Å². The first-order valence-electron chi connectivity index (χ1n) is 7.86. The molecule has 0 bridgehead atoms. The van der Waals surface area contributed by atoms with Gasteiger partial charge in [-0.2, -0.15) is 4.31 Å². The quantitative estimate of drug-likeness (QED) is 0.781. The van der Waals surface area contributed by atoms with Crippen LogP contribution in [0.2, 0.25) is 0 Å². The van der Waals surface area contributed by atoms with Gasteiger partial charge in [0.15, 0.2) is 0 Å². The van der Waals surface area contributed by atoms with E-state index in [1.807, 2.05) is 20.9 Å². The molecule has 1 aliphatic heterocycles. The molecule has 0 saturated carbocycles. The number of piperazine rings is 1. The molecular formula is C15H26N4O3S. The minimum Gasteiger partial charge on any atom is -0.394 e. The summed E-state index contributed by atoms with van der Waals surface area (Å²) >= 11 is 0. The van der Waals surface area contributed by atoms with Gasteiger partial charge in [0, 0.05) is 32.4 Å². The predicted molar refractivity (Wildman–Crippen MR) is 89.8 cm³/mol. The van der Waals surface area contributed by atoms with E-state index in [0.29, 0.717) is 18.9 Å². The maximum absolute atomic E-state index is 12.6. The summed E-state index contributed by atoms with van der Waals surface area (Å²) in [5, 5.41) is 12.5. The zero-order chi connectivity index (χ0) is 17.0. The molecule has 2 heterocycles. The summed E-state index contributed by atoms with van der Waals surface area (Å²) in [5.74, 6) is 0.811. The average Bonchev–Trinajstić information content (AvgIpc) is 2.53. The van der Waals surface area contributed by atoms with Crippen LogP contribution < -0.4 is 5.32 Å². The van der Waals surface area contributed by atoms with E-state index in [9.17, 15) is 13.5 Å². The van der Waals surface area contributed by atoms with Crippen LogP contribution in [0.4, 0.5) is 5.82 Å². The van der Waals surface area contributed by atoms with E-state index >= 15 is 0 Å². The molecule has 2 rings (SSSR count). The average molecular weight is 342 g/mol. The maximum atomic E-state index is 12.6. The maximum Gasteiger partial charge on any atom is 0.244 e. The summed E-state index contributed by atoms with van der Waals surface area (Å²) in [7, 11) is -1.50. The molecule has 1 fully saturated rings. The summed E-state index contributed by atoms with van der Waals surface area (Å²) < 4.78 is 26.7. The van der Waals surface area contributed by atoms with Crippen LogP contribution in [-0.2, 0) is 10.0 Å². The minimum absolute atomic E-state index is 0.000687. The third-order valence-corrected chi connectivity index (χ3v) is 6.05. The van der Waals surface area contributed by atoms with Crippen molar-refractivity contribution in [2.24, 2.45) is 5.92 Å². The highest BCUT2D eigenvalue weighted by molar-refractivity contribution is 7.89. The van der Waals surface area contributed by atoms with Crippen LogP contribution in [0.25, 0.3) is 0 Å². The van der Waals surface area contributed by atoms with Crippen molar-refractivity contribution in [2.75, 3.05) is 45.2 Å². The normalized spacial score (nSPS) is 19.0. The Morgan fingerprint density at radius 2 is 1.91 bits per heavy atom. The summed E-state index contributed by atoms with van der Waals surface area (Å²) in [4.78, 5) is 6.50. The Morgan fingerprint density at radius 3 is 2.39 bits per heavy atom. The first kappa shape index (κ1) is 18.1. The third kappa shape index (κ3) is 4.41. The molecule has 1 aromatic heterocycles. The molecule has 7 nitrogen and oxygen atoms in total. The summed E-state index contributed by atoms with van der Waals surface area (Å²) in [6.45, 7) is 6.47. The zero-order valence-corrected chi connectivity index (χ0v) is 14.8. The van der Waals surface area contributed by atoms with E-state index in [1.54, 1.807) is 12.1 Å². The van der Waals surface area contributed by atoms with Gasteiger partial charge in [0.1, 0.15) is 10.7 Å². The molecule has 0 aliphatic carbocycles. The molecular weight excluding hydrogens is 316 g/mol. The van der Waals surface area contributed by atoms with Gasteiger partial charge in [-0.1, -0.05) is 13.8 Å². The Morgan fingerprint density at radius 1 is 1.26 bits per heavy atom. The Balaban J connectivity index is 2.09. The van der Waals surface area contributed by atoms with E-state index in [0.717, 1.165) is 13.1 Å². The monoisotopic (exact) mass is 342 g/mol. The van der Waals surface area contributed by atoms with Crippen molar-refractivity contribution >= 4 is 15.8 Å². The van der Waals surface area contributed by atoms with Crippen molar-refractivity contribution in [1.82, 2.24) is 14.2 Å². The first-order chi connectivity index (χ1) is 10.8. The molecule has 2 N–H and O–H groups in total. The van der Waals surface area contributed by atoms with Crippen molar-refractivity contribution in [1.29, 1.82) is 0 Å². The van der Waals surface area contributed by atoms with Crippen LogP contribution in [-0.4, -0.2) is 73.6 Å². The number of nitrogens with one attached hydrogen (secondary N) is 1. The fourth-order valence-corrected chi connectivity index (χ4v) is 3.78. The van der Waals surface area contributed by atoms with Crippen LogP contribution in [0.1, 0.15) is 13.8 Å². The Labute approximate surface area is 138 Å². The van der Waals surface area contributed by atoms with Gasteiger partial charge >= 0.3 is 0 Å². The highest BCUT2D eigenvalue weighted by Gasteiger charge is 2.27. The molecule has 1 aliphatic rings. The van der Waals surface area contributed by atoms with Gasteiger partial charge in [0.05, 0.1) is 12.6 Å². The molecule has 0 radical (unpaired) electrons. The lowest BCUT2D eigenvalue weighted by molar-refractivity contribution is 0.222. The van der Waals surface area contributed by atoms with Crippen LogP contribution in [0.5, 0.6) is 0 Å². The lowest BCUT2D eigenvalue weighted by Crippen LogP contribution is -2.47. The fraction of sp³-hybridized carbons (Fsp3) is 0.667. The lowest BCUT2D eigenvalue weighted by Gasteiger charge is -2.31. The van der Waals surface area contributed by atoms with Gasteiger partial charge in [-0.25, -0.2) is 13.4 Å².